The predicted octanol–water partition coefficient (Wildman–Crippen LogP) is 2.77. The Kier molecular flexibility index (Phi) is 9.06. The number of primary amides is 1. The zero-order valence-electron chi connectivity index (χ0n) is 29.5. The monoisotopic (exact) mass is 715 g/mol. The Bertz CT molecular complexity index is 2120. The van der Waals surface area contributed by atoms with E-state index < -0.39 is 29.7 Å². The standard InChI is InChI=1S/C39H41N9O5/c1-23-10-17-47(44-23)33-20-41-35(36(40)50)31(42-33)18-24-2-4-26(5-3-24)27-12-14-45(15-13-27)21-25-11-16-46(22-25)28-6-7-29-30(19-28)39(53)48(38(29)52)32-8-9-34(49)43-37(32)51/h2-7,10,17,19-20,25,27,32H,8-9,11-16,18,21-22H2,1H3,(H2,40,50)(H,43,49,51). The van der Waals surface area contributed by atoms with Crippen molar-refractivity contribution in [2.45, 2.75) is 57.4 Å². The van der Waals surface area contributed by atoms with Gasteiger partial charge in [0.2, 0.25) is 11.8 Å². The molecule has 0 radical (unpaired) electrons. The molecule has 2 aromatic carbocycles. The van der Waals surface area contributed by atoms with Crippen LogP contribution in [0.5, 0.6) is 0 Å². The van der Waals surface area contributed by atoms with Gasteiger partial charge in [-0.15, -0.1) is 0 Å². The fraction of sp³-hybridized carbons (Fsp3) is 0.385. The summed E-state index contributed by atoms with van der Waals surface area (Å²) in [5.74, 6) is -1.08. The van der Waals surface area contributed by atoms with E-state index in [1.54, 1.807) is 16.8 Å². The van der Waals surface area contributed by atoms with E-state index in [1.165, 1.54) is 11.8 Å². The number of rotatable bonds is 9. The lowest BCUT2D eigenvalue weighted by molar-refractivity contribution is -0.136. The molecule has 6 heterocycles. The molecule has 272 valence electrons. The van der Waals surface area contributed by atoms with Crippen molar-refractivity contribution < 1.29 is 24.0 Å². The normalized spacial score (nSPS) is 21.0. The van der Waals surface area contributed by atoms with Gasteiger partial charge in [0.15, 0.2) is 5.82 Å². The second-order valence-electron chi connectivity index (χ2n) is 14.6. The molecular weight excluding hydrogens is 674 g/mol. The lowest BCUT2D eigenvalue weighted by Gasteiger charge is -2.34. The van der Waals surface area contributed by atoms with Crippen LogP contribution in [0.25, 0.3) is 5.82 Å². The maximum Gasteiger partial charge on any atom is 0.269 e. The Morgan fingerprint density at radius 2 is 1.70 bits per heavy atom. The number of amides is 5. The van der Waals surface area contributed by atoms with Crippen molar-refractivity contribution in [3.05, 3.63) is 100 Å². The summed E-state index contributed by atoms with van der Waals surface area (Å²) in [6, 6.07) is 14.8. The van der Waals surface area contributed by atoms with Crippen LogP contribution in [0.4, 0.5) is 5.69 Å². The fourth-order valence-corrected chi connectivity index (χ4v) is 8.19. The number of aryl methyl sites for hydroxylation is 1. The van der Waals surface area contributed by atoms with Crippen LogP contribution >= 0.6 is 0 Å². The van der Waals surface area contributed by atoms with Gasteiger partial charge in [0.05, 0.1) is 28.7 Å². The number of carbonyl (C=O) groups excluding carboxylic acids is 5. The minimum Gasteiger partial charge on any atom is -0.371 e. The number of fused-ring (bicyclic) bond motifs is 1. The van der Waals surface area contributed by atoms with Crippen LogP contribution in [0.2, 0.25) is 0 Å². The highest BCUT2D eigenvalue weighted by atomic mass is 16.2. The molecule has 5 amide bonds. The van der Waals surface area contributed by atoms with Crippen molar-refractivity contribution in [2.24, 2.45) is 11.7 Å². The van der Waals surface area contributed by atoms with E-state index in [4.69, 9.17) is 5.73 Å². The topological polar surface area (TPSA) is 177 Å². The van der Waals surface area contributed by atoms with Crippen molar-refractivity contribution in [2.75, 3.05) is 37.6 Å². The highest BCUT2D eigenvalue weighted by molar-refractivity contribution is 6.23. The Labute approximate surface area is 306 Å². The third-order valence-electron chi connectivity index (χ3n) is 11.0. The largest absolute Gasteiger partial charge is 0.371 e. The molecule has 2 unspecified atom stereocenters. The third-order valence-corrected chi connectivity index (χ3v) is 11.0. The van der Waals surface area contributed by atoms with Gasteiger partial charge < -0.3 is 15.5 Å². The number of carbonyl (C=O) groups is 5. The number of piperidine rings is 2. The Hall–Kier alpha value is -5.76. The van der Waals surface area contributed by atoms with Crippen LogP contribution in [0.15, 0.2) is 60.9 Å². The van der Waals surface area contributed by atoms with Crippen molar-refractivity contribution >= 4 is 35.2 Å². The summed E-state index contributed by atoms with van der Waals surface area (Å²) in [7, 11) is 0. The summed E-state index contributed by atoms with van der Waals surface area (Å²) in [5, 5.41) is 6.65. The van der Waals surface area contributed by atoms with Crippen LogP contribution in [0.1, 0.15) is 91.7 Å². The maximum atomic E-state index is 13.3. The number of anilines is 1. The van der Waals surface area contributed by atoms with E-state index in [-0.39, 0.29) is 24.4 Å². The summed E-state index contributed by atoms with van der Waals surface area (Å²) in [4.78, 5) is 77.4. The van der Waals surface area contributed by atoms with E-state index >= 15 is 0 Å². The van der Waals surface area contributed by atoms with Crippen molar-refractivity contribution in [1.82, 2.24) is 34.9 Å². The highest BCUT2D eigenvalue weighted by Crippen LogP contribution is 2.34. The Morgan fingerprint density at radius 1 is 0.925 bits per heavy atom. The Morgan fingerprint density at radius 3 is 2.42 bits per heavy atom. The average molecular weight is 716 g/mol. The van der Waals surface area contributed by atoms with E-state index in [0.717, 1.165) is 73.8 Å². The highest BCUT2D eigenvalue weighted by Gasteiger charge is 2.45. The SMILES string of the molecule is Cc1ccn(-c2cnc(C(N)=O)c(Cc3ccc(C4CCN(CC5CCN(c6ccc7c(c6)C(=O)N(C6CCC(=O)NC6=O)C7=O)C5)CC4)cc3)n2)n1. The van der Waals surface area contributed by atoms with Crippen LogP contribution in [0.3, 0.4) is 0 Å². The van der Waals surface area contributed by atoms with Gasteiger partial charge in [0.1, 0.15) is 11.7 Å². The molecule has 4 aliphatic rings. The van der Waals surface area contributed by atoms with Crippen LogP contribution in [-0.2, 0) is 16.0 Å². The third kappa shape index (κ3) is 6.81. The smallest absolute Gasteiger partial charge is 0.269 e. The number of likely N-dealkylation sites (tertiary alicyclic amines) is 1. The van der Waals surface area contributed by atoms with E-state index in [0.29, 0.717) is 40.9 Å². The molecule has 0 saturated carbocycles. The molecule has 4 aliphatic heterocycles. The van der Waals surface area contributed by atoms with Crippen LogP contribution in [0, 0.1) is 12.8 Å². The Balaban J connectivity index is 0.842. The van der Waals surface area contributed by atoms with Gasteiger partial charge in [0, 0.05) is 44.4 Å². The fourth-order valence-electron chi connectivity index (χ4n) is 8.19. The molecule has 8 rings (SSSR count). The summed E-state index contributed by atoms with van der Waals surface area (Å²) in [5.41, 5.74) is 11.0. The molecule has 2 atom stereocenters. The summed E-state index contributed by atoms with van der Waals surface area (Å²) < 4.78 is 1.64. The zero-order valence-corrected chi connectivity index (χ0v) is 29.5. The molecule has 0 bridgehead atoms. The number of aromatic nitrogens is 4. The molecule has 4 aromatic rings. The van der Waals surface area contributed by atoms with E-state index in [1.807, 2.05) is 25.3 Å². The van der Waals surface area contributed by atoms with Gasteiger partial charge in [-0.2, -0.15) is 5.10 Å². The molecule has 3 N–H and O–H groups in total. The molecule has 3 saturated heterocycles. The quantitative estimate of drug-likeness (QED) is 0.245. The van der Waals surface area contributed by atoms with Gasteiger partial charge in [-0.05, 0) is 92.9 Å². The van der Waals surface area contributed by atoms with Crippen molar-refractivity contribution in [3.8, 4) is 5.82 Å². The maximum absolute atomic E-state index is 13.3. The van der Waals surface area contributed by atoms with E-state index in [9.17, 15) is 24.0 Å². The second kappa shape index (κ2) is 14.0. The van der Waals surface area contributed by atoms with Gasteiger partial charge >= 0.3 is 0 Å². The first-order chi connectivity index (χ1) is 25.6. The molecule has 14 nitrogen and oxygen atoms in total. The van der Waals surface area contributed by atoms with Crippen LogP contribution < -0.4 is 16.0 Å². The summed E-state index contributed by atoms with van der Waals surface area (Å²) in [6.45, 7) is 6.68. The number of nitrogens with two attached hydrogens (primary N) is 1. The number of hydrogen-bond donors (Lipinski definition) is 2. The first-order valence-corrected chi connectivity index (χ1v) is 18.2. The number of hydrogen-bond acceptors (Lipinski definition) is 10. The number of nitrogens with zero attached hydrogens (tertiary/aromatic N) is 7. The summed E-state index contributed by atoms with van der Waals surface area (Å²) in [6.07, 6.45) is 7.17. The number of imide groups is 2. The molecule has 0 aliphatic carbocycles. The summed E-state index contributed by atoms with van der Waals surface area (Å²) >= 11 is 0. The van der Waals surface area contributed by atoms with Gasteiger partial charge in [-0.1, -0.05) is 24.3 Å². The number of benzene rings is 2. The lowest BCUT2D eigenvalue weighted by atomic mass is 9.88. The molecular formula is C39H41N9O5. The van der Waals surface area contributed by atoms with E-state index in [2.05, 4.69) is 54.4 Å². The van der Waals surface area contributed by atoms with Gasteiger partial charge in [0.25, 0.3) is 17.7 Å². The molecule has 14 heteroatoms. The van der Waals surface area contributed by atoms with Crippen molar-refractivity contribution in [3.63, 3.8) is 0 Å². The average Bonchev–Trinajstić information content (AvgIpc) is 3.87. The van der Waals surface area contributed by atoms with Crippen molar-refractivity contribution in [1.29, 1.82) is 0 Å². The minimum atomic E-state index is -0.969. The first kappa shape index (κ1) is 34.3. The predicted molar refractivity (Wildman–Crippen MR) is 194 cm³/mol. The molecule has 0 spiro atoms. The van der Waals surface area contributed by atoms with Gasteiger partial charge in [-0.25, -0.2) is 14.6 Å². The molecule has 2 aromatic heterocycles. The van der Waals surface area contributed by atoms with Gasteiger partial charge in [-0.3, -0.25) is 34.2 Å². The van der Waals surface area contributed by atoms with Crippen LogP contribution in [-0.4, -0.2) is 97.8 Å². The lowest BCUT2D eigenvalue weighted by Crippen LogP contribution is -2.54. The molecule has 3 fully saturated rings. The first-order valence-electron chi connectivity index (χ1n) is 18.2. The zero-order chi connectivity index (χ0) is 36.8. The second-order valence-corrected chi connectivity index (χ2v) is 14.6. The molecule has 53 heavy (non-hydrogen) atoms. The number of nitrogens with one attached hydrogen (secondary N) is 1. The minimum absolute atomic E-state index is 0.0944.